The largest absolute Gasteiger partial charge is 0.480 e. The molecule has 6 nitrogen and oxygen atoms in total. The highest BCUT2D eigenvalue weighted by atomic mass is 16.6. The summed E-state index contributed by atoms with van der Waals surface area (Å²) in [6.07, 6.45) is 0.228. The summed E-state index contributed by atoms with van der Waals surface area (Å²) < 4.78 is 4.97. The molecule has 16 heavy (non-hydrogen) atoms. The number of nitrogens with one attached hydrogen (secondary N) is 1. The normalized spacial score (nSPS) is 12.7. The van der Waals surface area contributed by atoms with E-state index in [0.717, 1.165) is 0 Å². The van der Waals surface area contributed by atoms with Crippen LogP contribution in [-0.2, 0) is 19.1 Å². The Morgan fingerprint density at radius 2 is 2.06 bits per heavy atom. The third-order valence-corrected chi connectivity index (χ3v) is 1.54. The molecule has 0 saturated carbocycles. The second-order valence-electron chi connectivity index (χ2n) is 4.26. The Morgan fingerprint density at radius 1 is 1.50 bits per heavy atom. The molecule has 0 aromatic carbocycles. The van der Waals surface area contributed by atoms with Gasteiger partial charge in [-0.15, -0.1) is 0 Å². The van der Waals surface area contributed by atoms with Gasteiger partial charge in [0, 0.05) is 0 Å². The van der Waals surface area contributed by atoms with E-state index in [9.17, 15) is 14.4 Å². The Bertz CT molecular complexity index is 274. The summed E-state index contributed by atoms with van der Waals surface area (Å²) in [5, 5.41) is 11.2. The van der Waals surface area contributed by atoms with Crippen LogP contribution >= 0.6 is 0 Å². The SMILES string of the molecule is CC(C)(C)OC(=O)C[C@@H](NBC=O)C(=O)O. The quantitative estimate of drug-likeness (QED) is 0.355. The average Bonchev–Trinajstić information content (AvgIpc) is 2.08. The maximum Gasteiger partial charge on any atom is 0.320 e. The van der Waals surface area contributed by atoms with Crippen molar-refractivity contribution in [2.75, 3.05) is 0 Å². The number of ether oxygens (including phenoxy) is 1. The molecule has 0 amide bonds. The van der Waals surface area contributed by atoms with Crippen LogP contribution in [0.25, 0.3) is 0 Å². The van der Waals surface area contributed by atoms with Crippen LogP contribution in [-0.4, -0.2) is 42.3 Å². The van der Waals surface area contributed by atoms with Gasteiger partial charge < -0.3 is 19.9 Å². The zero-order valence-electron chi connectivity index (χ0n) is 9.65. The van der Waals surface area contributed by atoms with Crippen LogP contribution in [0.4, 0.5) is 0 Å². The lowest BCUT2D eigenvalue weighted by Crippen LogP contribution is -2.42. The molecule has 7 heteroatoms. The van der Waals surface area contributed by atoms with Gasteiger partial charge in [-0.3, -0.25) is 9.59 Å². The molecule has 0 heterocycles. The molecule has 0 aliphatic carbocycles. The minimum atomic E-state index is -1.19. The molecule has 0 saturated heterocycles. The van der Waals surface area contributed by atoms with E-state index in [4.69, 9.17) is 9.84 Å². The summed E-state index contributed by atoms with van der Waals surface area (Å²) in [7, 11) is -0.111. The summed E-state index contributed by atoms with van der Waals surface area (Å²) >= 11 is 0. The molecule has 0 aromatic heterocycles. The Hall–Kier alpha value is -1.37. The maximum absolute atomic E-state index is 11.3. The number of rotatable bonds is 6. The van der Waals surface area contributed by atoms with Gasteiger partial charge in [-0.2, -0.15) is 0 Å². The first-order valence-corrected chi connectivity index (χ1v) is 4.88. The van der Waals surface area contributed by atoms with Gasteiger partial charge in [0.1, 0.15) is 11.6 Å². The van der Waals surface area contributed by atoms with Gasteiger partial charge in [-0.25, -0.2) is 0 Å². The Balaban J connectivity index is 4.23. The summed E-state index contributed by atoms with van der Waals surface area (Å²) in [6, 6.07) is -1.10. The van der Waals surface area contributed by atoms with Gasteiger partial charge in [0.25, 0.3) is 7.41 Å². The fourth-order valence-corrected chi connectivity index (χ4v) is 0.987. The third kappa shape index (κ3) is 7.00. The van der Waals surface area contributed by atoms with E-state index < -0.39 is 23.6 Å². The lowest BCUT2D eigenvalue weighted by Gasteiger charge is -2.21. The Kier molecular flexibility index (Phi) is 5.73. The van der Waals surface area contributed by atoms with Crippen molar-refractivity contribution in [1.29, 1.82) is 0 Å². The fraction of sp³-hybridized carbons (Fsp3) is 0.667. The molecule has 0 aromatic rings. The van der Waals surface area contributed by atoms with Crippen molar-refractivity contribution in [3.05, 3.63) is 0 Å². The number of hydrogen-bond donors (Lipinski definition) is 2. The molecular formula is C9H16BNO5. The molecular weight excluding hydrogens is 213 g/mol. The zero-order chi connectivity index (χ0) is 12.8. The third-order valence-electron chi connectivity index (χ3n) is 1.54. The highest BCUT2D eigenvalue weighted by molar-refractivity contribution is 6.64. The molecule has 2 N–H and O–H groups in total. The summed E-state index contributed by atoms with van der Waals surface area (Å²) in [5.74, 6) is -1.80. The lowest BCUT2D eigenvalue weighted by atomic mass is 9.95. The van der Waals surface area contributed by atoms with E-state index in [1.807, 2.05) is 0 Å². The van der Waals surface area contributed by atoms with Crippen LogP contribution in [0.2, 0.25) is 0 Å². The summed E-state index contributed by atoms with van der Waals surface area (Å²) in [4.78, 5) is 32.1. The first-order valence-electron chi connectivity index (χ1n) is 4.88. The summed E-state index contributed by atoms with van der Waals surface area (Å²) in [5.41, 5.74) is -0.648. The Labute approximate surface area is 94.6 Å². The molecule has 0 aliphatic heterocycles. The molecule has 0 spiro atoms. The Morgan fingerprint density at radius 3 is 2.44 bits per heavy atom. The van der Waals surface area contributed by atoms with Gasteiger partial charge in [0.15, 0.2) is 0 Å². The zero-order valence-corrected chi connectivity index (χ0v) is 9.65. The van der Waals surface area contributed by atoms with Crippen LogP contribution in [0, 0.1) is 0 Å². The van der Waals surface area contributed by atoms with Crippen LogP contribution in [0.3, 0.4) is 0 Å². The van der Waals surface area contributed by atoms with Crippen molar-refractivity contribution in [1.82, 2.24) is 5.23 Å². The van der Waals surface area contributed by atoms with Crippen molar-refractivity contribution in [2.45, 2.75) is 38.8 Å². The van der Waals surface area contributed by atoms with Gasteiger partial charge in [-0.05, 0) is 20.8 Å². The monoisotopic (exact) mass is 229 g/mol. The van der Waals surface area contributed by atoms with E-state index in [1.54, 1.807) is 20.8 Å². The minimum Gasteiger partial charge on any atom is -0.480 e. The van der Waals surface area contributed by atoms with Crippen LogP contribution in [0.15, 0.2) is 0 Å². The van der Waals surface area contributed by atoms with E-state index >= 15 is 0 Å². The van der Waals surface area contributed by atoms with Crippen LogP contribution in [0.1, 0.15) is 27.2 Å². The van der Waals surface area contributed by atoms with E-state index in [2.05, 4.69) is 5.23 Å². The fourth-order valence-electron chi connectivity index (χ4n) is 0.987. The van der Waals surface area contributed by atoms with Crippen molar-refractivity contribution in [2.24, 2.45) is 0 Å². The van der Waals surface area contributed by atoms with Crippen molar-refractivity contribution in [3.63, 3.8) is 0 Å². The predicted molar refractivity (Wildman–Crippen MR) is 58.9 cm³/mol. The van der Waals surface area contributed by atoms with E-state index in [0.29, 0.717) is 6.19 Å². The molecule has 0 bridgehead atoms. The predicted octanol–water partition coefficient (Wildman–Crippen LogP) is -0.697. The molecule has 90 valence electrons. The standard InChI is InChI=1S/C9H16BNO5/c1-9(2,3)16-7(13)4-6(8(14)15)11-10-5-12/h5-6,10-11H,4H2,1-3H3,(H,14,15)/t6-/m1/s1. The molecule has 0 rings (SSSR count). The number of carboxylic acid groups (broad SMARTS) is 1. The smallest absolute Gasteiger partial charge is 0.320 e. The van der Waals surface area contributed by atoms with Crippen LogP contribution < -0.4 is 5.23 Å². The highest BCUT2D eigenvalue weighted by Gasteiger charge is 2.24. The van der Waals surface area contributed by atoms with Crippen LogP contribution in [0.5, 0.6) is 0 Å². The lowest BCUT2D eigenvalue weighted by molar-refractivity contribution is -0.158. The second kappa shape index (κ2) is 6.27. The van der Waals surface area contributed by atoms with E-state index in [-0.39, 0.29) is 13.8 Å². The van der Waals surface area contributed by atoms with Crippen molar-refractivity contribution < 1.29 is 24.2 Å². The molecule has 0 unspecified atom stereocenters. The molecule has 1 atom stereocenters. The van der Waals surface area contributed by atoms with Crippen molar-refractivity contribution in [3.8, 4) is 0 Å². The van der Waals surface area contributed by atoms with E-state index in [1.165, 1.54) is 0 Å². The number of aliphatic carboxylic acids is 1. The first kappa shape index (κ1) is 14.6. The topological polar surface area (TPSA) is 92.7 Å². The number of carboxylic acids is 1. The highest BCUT2D eigenvalue weighted by Crippen LogP contribution is 2.09. The van der Waals surface area contributed by atoms with Gasteiger partial charge in [-0.1, -0.05) is 0 Å². The molecule has 0 fully saturated rings. The van der Waals surface area contributed by atoms with Crippen molar-refractivity contribution >= 4 is 25.5 Å². The van der Waals surface area contributed by atoms with Gasteiger partial charge in [0.2, 0.25) is 0 Å². The first-order chi connectivity index (χ1) is 7.26. The van der Waals surface area contributed by atoms with Gasteiger partial charge in [0.05, 0.1) is 12.6 Å². The summed E-state index contributed by atoms with van der Waals surface area (Å²) in [6.45, 7) is 5.08. The number of hydrogen-bond acceptors (Lipinski definition) is 5. The van der Waals surface area contributed by atoms with Gasteiger partial charge >= 0.3 is 11.9 Å². The molecule has 0 radical (unpaired) electrons. The maximum atomic E-state index is 11.3. The average molecular weight is 229 g/mol. The second-order valence-corrected chi connectivity index (χ2v) is 4.26. The molecule has 0 aliphatic rings. The number of carbonyl (C=O) groups is 3. The minimum absolute atomic E-state index is 0.111. The number of esters is 1. The number of carbonyl (C=O) groups excluding carboxylic acids is 2.